The van der Waals surface area contributed by atoms with Crippen LogP contribution in [0.1, 0.15) is 28.3 Å². The SMILES string of the molecule is Cc1cccc(C(NN)c2ccc(Cl)nc2)c1C. The molecule has 18 heavy (non-hydrogen) atoms. The van der Waals surface area contributed by atoms with E-state index < -0.39 is 0 Å². The standard InChI is InChI=1S/C14H16ClN3/c1-9-4-3-5-12(10(9)2)14(18-16)11-6-7-13(15)17-8-11/h3-8,14,18H,16H2,1-2H3. The van der Waals surface area contributed by atoms with Crippen molar-refractivity contribution in [3.05, 3.63) is 63.9 Å². The molecule has 0 aliphatic rings. The number of halogens is 1. The molecule has 1 heterocycles. The first kappa shape index (κ1) is 13.0. The van der Waals surface area contributed by atoms with Gasteiger partial charge in [-0.25, -0.2) is 10.4 Å². The molecule has 0 saturated heterocycles. The molecule has 0 fully saturated rings. The highest BCUT2D eigenvalue weighted by Gasteiger charge is 2.15. The van der Waals surface area contributed by atoms with Crippen LogP contribution in [0.2, 0.25) is 5.15 Å². The molecule has 94 valence electrons. The first-order valence-corrected chi connectivity index (χ1v) is 6.15. The smallest absolute Gasteiger partial charge is 0.129 e. The van der Waals surface area contributed by atoms with Crippen LogP contribution in [0, 0.1) is 13.8 Å². The van der Waals surface area contributed by atoms with Crippen molar-refractivity contribution in [2.75, 3.05) is 0 Å². The Labute approximate surface area is 112 Å². The lowest BCUT2D eigenvalue weighted by molar-refractivity contribution is 0.631. The van der Waals surface area contributed by atoms with Crippen molar-refractivity contribution in [1.29, 1.82) is 0 Å². The van der Waals surface area contributed by atoms with Crippen molar-refractivity contribution < 1.29 is 0 Å². The number of benzene rings is 1. The Hall–Kier alpha value is -1.42. The van der Waals surface area contributed by atoms with E-state index in [-0.39, 0.29) is 6.04 Å². The van der Waals surface area contributed by atoms with Crippen molar-refractivity contribution in [2.24, 2.45) is 5.84 Å². The third kappa shape index (κ3) is 2.53. The van der Waals surface area contributed by atoms with Crippen LogP contribution in [0.3, 0.4) is 0 Å². The van der Waals surface area contributed by atoms with Gasteiger partial charge in [-0.3, -0.25) is 5.84 Å². The fourth-order valence-electron chi connectivity index (χ4n) is 2.01. The van der Waals surface area contributed by atoms with Gasteiger partial charge in [-0.1, -0.05) is 35.9 Å². The molecule has 0 spiro atoms. The van der Waals surface area contributed by atoms with E-state index >= 15 is 0 Å². The van der Waals surface area contributed by atoms with Gasteiger partial charge in [0.05, 0.1) is 6.04 Å². The Morgan fingerprint density at radius 3 is 2.61 bits per heavy atom. The van der Waals surface area contributed by atoms with Gasteiger partial charge in [0.25, 0.3) is 0 Å². The largest absolute Gasteiger partial charge is 0.271 e. The molecule has 0 aliphatic heterocycles. The van der Waals surface area contributed by atoms with E-state index in [2.05, 4.69) is 36.4 Å². The normalized spacial score (nSPS) is 12.4. The number of nitrogens with one attached hydrogen (secondary N) is 1. The van der Waals surface area contributed by atoms with E-state index in [1.54, 1.807) is 12.3 Å². The summed E-state index contributed by atoms with van der Waals surface area (Å²) in [4.78, 5) is 4.10. The zero-order valence-electron chi connectivity index (χ0n) is 10.4. The third-order valence-corrected chi connectivity index (χ3v) is 3.43. The van der Waals surface area contributed by atoms with E-state index in [0.717, 1.165) is 11.1 Å². The number of nitrogens with zero attached hydrogens (tertiary/aromatic N) is 1. The topological polar surface area (TPSA) is 50.9 Å². The Balaban J connectivity index is 2.45. The van der Waals surface area contributed by atoms with Crippen LogP contribution in [-0.4, -0.2) is 4.98 Å². The molecule has 1 unspecified atom stereocenters. The van der Waals surface area contributed by atoms with Gasteiger partial charge in [0.2, 0.25) is 0 Å². The predicted molar refractivity (Wildman–Crippen MR) is 74.3 cm³/mol. The van der Waals surface area contributed by atoms with E-state index in [1.165, 1.54) is 11.1 Å². The zero-order valence-corrected chi connectivity index (χ0v) is 11.2. The molecular weight excluding hydrogens is 246 g/mol. The highest BCUT2D eigenvalue weighted by Crippen LogP contribution is 2.25. The van der Waals surface area contributed by atoms with Crippen LogP contribution in [0.5, 0.6) is 0 Å². The summed E-state index contributed by atoms with van der Waals surface area (Å²) >= 11 is 5.80. The van der Waals surface area contributed by atoms with Gasteiger partial charge >= 0.3 is 0 Å². The zero-order chi connectivity index (χ0) is 13.1. The summed E-state index contributed by atoms with van der Waals surface area (Å²) in [5.41, 5.74) is 7.47. The second-order valence-electron chi connectivity index (χ2n) is 4.30. The molecule has 1 atom stereocenters. The first-order chi connectivity index (χ1) is 8.63. The quantitative estimate of drug-likeness (QED) is 0.507. The highest BCUT2D eigenvalue weighted by molar-refractivity contribution is 6.29. The summed E-state index contributed by atoms with van der Waals surface area (Å²) in [6.45, 7) is 4.19. The number of aryl methyl sites for hydroxylation is 1. The summed E-state index contributed by atoms with van der Waals surface area (Å²) in [5, 5.41) is 0.482. The minimum atomic E-state index is -0.0744. The van der Waals surface area contributed by atoms with Crippen LogP contribution < -0.4 is 11.3 Å². The van der Waals surface area contributed by atoms with Crippen molar-refractivity contribution in [2.45, 2.75) is 19.9 Å². The molecule has 2 rings (SSSR count). The maximum Gasteiger partial charge on any atom is 0.129 e. The molecule has 4 heteroatoms. The van der Waals surface area contributed by atoms with Crippen molar-refractivity contribution in [3.8, 4) is 0 Å². The van der Waals surface area contributed by atoms with Crippen molar-refractivity contribution in [1.82, 2.24) is 10.4 Å². The van der Waals surface area contributed by atoms with Crippen LogP contribution >= 0.6 is 11.6 Å². The maximum atomic E-state index is 5.80. The first-order valence-electron chi connectivity index (χ1n) is 5.77. The number of aromatic nitrogens is 1. The lowest BCUT2D eigenvalue weighted by Crippen LogP contribution is -2.29. The molecule has 0 radical (unpaired) electrons. The Bertz CT molecular complexity index is 537. The molecule has 0 saturated carbocycles. The van der Waals surface area contributed by atoms with Crippen molar-refractivity contribution >= 4 is 11.6 Å². The van der Waals surface area contributed by atoms with Crippen LogP contribution in [-0.2, 0) is 0 Å². The van der Waals surface area contributed by atoms with E-state index in [9.17, 15) is 0 Å². The summed E-state index contributed by atoms with van der Waals surface area (Å²) in [6.07, 6.45) is 1.74. The minimum Gasteiger partial charge on any atom is -0.271 e. The van der Waals surface area contributed by atoms with Crippen LogP contribution in [0.25, 0.3) is 0 Å². The molecule has 0 amide bonds. The molecular formula is C14H16ClN3. The number of hydrogen-bond acceptors (Lipinski definition) is 3. The monoisotopic (exact) mass is 261 g/mol. The van der Waals surface area contributed by atoms with E-state index in [0.29, 0.717) is 5.15 Å². The molecule has 2 aromatic rings. The fraction of sp³-hybridized carbons (Fsp3) is 0.214. The van der Waals surface area contributed by atoms with Gasteiger partial charge < -0.3 is 0 Å². The predicted octanol–water partition coefficient (Wildman–Crippen LogP) is 2.90. The lowest BCUT2D eigenvalue weighted by atomic mass is 9.94. The van der Waals surface area contributed by atoms with Crippen LogP contribution in [0.15, 0.2) is 36.5 Å². The second kappa shape index (κ2) is 5.48. The summed E-state index contributed by atoms with van der Waals surface area (Å²) in [6, 6.07) is 9.82. The number of hydrogen-bond donors (Lipinski definition) is 2. The summed E-state index contributed by atoms with van der Waals surface area (Å²) in [7, 11) is 0. The lowest BCUT2D eigenvalue weighted by Gasteiger charge is -2.19. The second-order valence-corrected chi connectivity index (χ2v) is 4.69. The molecule has 0 bridgehead atoms. The molecule has 3 nitrogen and oxygen atoms in total. The third-order valence-electron chi connectivity index (χ3n) is 3.21. The average Bonchev–Trinajstić information content (AvgIpc) is 2.37. The molecule has 3 N–H and O–H groups in total. The molecule has 1 aromatic carbocycles. The van der Waals surface area contributed by atoms with Gasteiger partial charge in [-0.05, 0) is 42.2 Å². The number of pyridine rings is 1. The van der Waals surface area contributed by atoms with Gasteiger partial charge in [0, 0.05) is 6.20 Å². The number of rotatable bonds is 3. The Morgan fingerprint density at radius 1 is 1.22 bits per heavy atom. The van der Waals surface area contributed by atoms with Crippen LogP contribution in [0.4, 0.5) is 0 Å². The van der Waals surface area contributed by atoms with Gasteiger partial charge in [-0.15, -0.1) is 0 Å². The summed E-state index contributed by atoms with van der Waals surface area (Å²) < 4.78 is 0. The Kier molecular flexibility index (Phi) is 3.97. The van der Waals surface area contributed by atoms with Gasteiger partial charge in [0.1, 0.15) is 5.15 Å². The number of hydrazine groups is 1. The van der Waals surface area contributed by atoms with E-state index in [1.807, 2.05) is 12.1 Å². The van der Waals surface area contributed by atoms with Gasteiger partial charge in [-0.2, -0.15) is 0 Å². The highest BCUT2D eigenvalue weighted by atomic mass is 35.5. The Morgan fingerprint density at radius 2 is 2.00 bits per heavy atom. The van der Waals surface area contributed by atoms with Gasteiger partial charge in [0.15, 0.2) is 0 Å². The molecule has 1 aromatic heterocycles. The fourth-order valence-corrected chi connectivity index (χ4v) is 2.12. The number of nitrogens with two attached hydrogens (primary N) is 1. The average molecular weight is 262 g/mol. The van der Waals surface area contributed by atoms with Crippen molar-refractivity contribution in [3.63, 3.8) is 0 Å². The summed E-state index contributed by atoms with van der Waals surface area (Å²) in [5.74, 6) is 5.68. The van der Waals surface area contributed by atoms with E-state index in [4.69, 9.17) is 17.4 Å². The molecule has 0 aliphatic carbocycles. The minimum absolute atomic E-state index is 0.0744. The maximum absolute atomic E-state index is 5.80.